The summed E-state index contributed by atoms with van der Waals surface area (Å²) in [5.41, 5.74) is 4.72. The second-order valence-electron chi connectivity index (χ2n) is 5.11. The van der Waals surface area contributed by atoms with Crippen LogP contribution in [-0.4, -0.2) is 12.2 Å². The first-order valence-electron chi connectivity index (χ1n) is 6.35. The van der Waals surface area contributed by atoms with Crippen molar-refractivity contribution in [2.45, 2.75) is 12.3 Å². The minimum atomic E-state index is -1.30. The topological polar surface area (TPSA) is 60.2 Å². The summed E-state index contributed by atoms with van der Waals surface area (Å²) in [6.45, 7) is 1.55. The molecule has 0 bridgehead atoms. The largest absolute Gasteiger partial charge is 0.369 e. The van der Waals surface area contributed by atoms with Crippen LogP contribution < -0.4 is 5.73 Å². The van der Waals surface area contributed by atoms with Gasteiger partial charge in [0.2, 0.25) is 5.91 Å². The van der Waals surface area contributed by atoms with Crippen molar-refractivity contribution in [2.24, 2.45) is 5.73 Å². The Morgan fingerprint density at radius 3 is 2.71 bits per heavy atom. The highest BCUT2D eigenvalue weighted by Crippen LogP contribution is 2.39. The Balaban J connectivity index is 2.34. The van der Waals surface area contributed by atoms with Crippen LogP contribution in [0.4, 0.5) is 0 Å². The van der Waals surface area contributed by atoms with E-state index in [0.717, 1.165) is 24.6 Å². The number of hydrogen-bond acceptors (Lipinski definition) is 3. The van der Waals surface area contributed by atoms with Gasteiger partial charge in [0.05, 0.1) is 0 Å². The highest BCUT2D eigenvalue weighted by atomic mass is 79.9. The van der Waals surface area contributed by atoms with Crippen LogP contribution >= 0.6 is 27.3 Å². The fourth-order valence-corrected chi connectivity index (χ4v) is 4.05. The maximum absolute atomic E-state index is 11.6. The Morgan fingerprint density at radius 1 is 1.29 bits per heavy atom. The normalized spacial score (nSPS) is 14.2. The summed E-state index contributed by atoms with van der Waals surface area (Å²) in [6.07, 6.45) is 0.612. The zero-order valence-electron chi connectivity index (χ0n) is 11.2. The molecule has 1 atom stereocenters. The minimum Gasteiger partial charge on any atom is -0.369 e. The third-order valence-electron chi connectivity index (χ3n) is 3.80. The second kappa shape index (κ2) is 4.93. The number of rotatable bonds is 3. The maximum atomic E-state index is 11.6. The van der Waals surface area contributed by atoms with Crippen LogP contribution in [0.2, 0.25) is 0 Å². The number of benzene rings is 2. The van der Waals surface area contributed by atoms with Crippen molar-refractivity contribution in [3.05, 3.63) is 46.4 Å². The first-order valence-corrected chi connectivity index (χ1v) is 7.96. The maximum Gasteiger partial charge on any atom is 0.235 e. The van der Waals surface area contributed by atoms with E-state index in [2.05, 4.69) is 15.9 Å². The quantitative estimate of drug-likeness (QED) is 0.570. The van der Waals surface area contributed by atoms with Crippen molar-refractivity contribution in [1.82, 2.24) is 0 Å². The monoisotopic (exact) mass is 361 g/mol. The second-order valence-corrected chi connectivity index (χ2v) is 7.02. The Morgan fingerprint density at radius 2 is 2.05 bits per heavy atom. The van der Waals surface area contributed by atoms with E-state index in [0.29, 0.717) is 11.8 Å². The van der Waals surface area contributed by atoms with Crippen molar-refractivity contribution >= 4 is 59.6 Å². The van der Waals surface area contributed by atoms with Crippen LogP contribution in [0.15, 0.2) is 40.9 Å². The van der Waals surface area contributed by atoms with Gasteiger partial charge in [-0.05, 0) is 46.6 Å². The fraction of sp³-hybridized carbons (Fsp3) is 0.125. The van der Waals surface area contributed by atoms with Crippen molar-refractivity contribution in [3.63, 3.8) is 0 Å². The number of thiophene rings is 1. The van der Waals surface area contributed by atoms with Crippen LogP contribution in [0.5, 0.6) is 0 Å². The van der Waals surface area contributed by atoms with Gasteiger partial charge >= 0.3 is 0 Å². The molecular weight excluding hydrogens is 350 g/mol. The number of amides is 1. The molecule has 3 rings (SSSR count). The molecule has 2 aromatic carbocycles. The van der Waals surface area contributed by atoms with Crippen molar-refractivity contribution < 1.29 is 9.59 Å². The van der Waals surface area contributed by atoms with Gasteiger partial charge in [-0.3, -0.25) is 4.79 Å². The Kier molecular flexibility index (Phi) is 3.34. The van der Waals surface area contributed by atoms with Gasteiger partial charge in [-0.1, -0.05) is 18.2 Å². The van der Waals surface area contributed by atoms with E-state index < -0.39 is 11.3 Å². The van der Waals surface area contributed by atoms with E-state index in [1.165, 1.54) is 0 Å². The predicted octanol–water partition coefficient (Wildman–Crippen LogP) is 3.76. The van der Waals surface area contributed by atoms with Crippen molar-refractivity contribution in [1.29, 1.82) is 0 Å². The molecule has 1 unspecified atom stereocenters. The number of hydrogen-bond donors (Lipinski definition) is 1. The third-order valence-corrected chi connectivity index (χ3v) is 5.94. The molecule has 1 heterocycles. The number of primary amides is 1. The van der Waals surface area contributed by atoms with Crippen LogP contribution in [0, 0.1) is 0 Å². The first-order chi connectivity index (χ1) is 9.97. The zero-order valence-corrected chi connectivity index (χ0v) is 13.6. The molecule has 3 nitrogen and oxygen atoms in total. The van der Waals surface area contributed by atoms with Gasteiger partial charge < -0.3 is 10.5 Å². The summed E-state index contributed by atoms with van der Waals surface area (Å²) < 4.78 is 3.30. The highest BCUT2D eigenvalue weighted by Gasteiger charge is 2.33. The predicted molar refractivity (Wildman–Crippen MR) is 89.6 cm³/mol. The summed E-state index contributed by atoms with van der Waals surface area (Å²) in [5.74, 6) is -0.641. The number of carbonyl (C=O) groups is 2. The Hall–Kier alpha value is -1.72. The van der Waals surface area contributed by atoms with Crippen LogP contribution in [0.25, 0.3) is 20.2 Å². The van der Waals surface area contributed by atoms with E-state index in [1.807, 2.05) is 30.3 Å². The van der Waals surface area contributed by atoms with Crippen LogP contribution in [-0.2, 0) is 15.0 Å². The molecule has 0 aliphatic carbocycles. The van der Waals surface area contributed by atoms with Gasteiger partial charge in [0.1, 0.15) is 11.7 Å². The SMILES string of the molecule is CC(C=O)(C(N)=O)c1ccc2sc3c(Br)cccc3c2c1. The Bertz CT molecular complexity index is 886. The van der Waals surface area contributed by atoms with E-state index >= 15 is 0 Å². The molecule has 1 aromatic heterocycles. The minimum absolute atomic E-state index is 0.612. The first kappa shape index (κ1) is 14.2. The van der Waals surface area contributed by atoms with Gasteiger partial charge in [-0.2, -0.15) is 0 Å². The lowest BCUT2D eigenvalue weighted by Crippen LogP contribution is -2.39. The third kappa shape index (κ3) is 2.08. The standard InChI is InChI=1S/C16H12BrNO2S/c1-16(8-19,15(18)20)9-5-6-13-11(7-9)10-3-2-4-12(17)14(10)21-13/h2-8H,1H3,(H2,18,20). The summed E-state index contributed by atoms with van der Waals surface area (Å²) in [4.78, 5) is 23.0. The average molecular weight is 362 g/mol. The number of aldehydes is 1. The summed E-state index contributed by atoms with van der Waals surface area (Å²) >= 11 is 5.22. The lowest BCUT2D eigenvalue weighted by atomic mass is 9.83. The molecule has 0 fully saturated rings. The molecule has 0 saturated heterocycles. The molecule has 0 spiro atoms. The van der Waals surface area contributed by atoms with E-state index in [-0.39, 0.29) is 0 Å². The molecule has 5 heteroatoms. The highest BCUT2D eigenvalue weighted by molar-refractivity contribution is 9.10. The summed E-state index contributed by atoms with van der Waals surface area (Å²) in [7, 11) is 0. The van der Waals surface area contributed by atoms with E-state index in [4.69, 9.17) is 5.73 Å². The van der Waals surface area contributed by atoms with Gasteiger partial charge in [0.25, 0.3) is 0 Å². The molecule has 21 heavy (non-hydrogen) atoms. The van der Waals surface area contributed by atoms with E-state index in [9.17, 15) is 9.59 Å². The molecule has 3 aromatic rings. The van der Waals surface area contributed by atoms with Crippen molar-refractivity contribution in [2.75, 3.05) is 0 Å². The summed E-state index contributed by atoms with van der Waals surface area (Å²) in [6, 6.07) is 11.6. The van der Waals surface area contributed by atoms with Gasteiger partial charge in [0, 0.05) is 24.6 Å². The number of halogens is 1. The Labute approximate surface area is 133 Å². The number of carbonyl (C=O) groups excluding carboxylic acids is 2. The molecule has 0 saturated carbocycles. The van der Waals surface area contributed by atoms with Gasteiger partial charge in [-0.25, -0.2) is 0 Å². The lowest BCUT2D eigenvalue weighted by molar-refractivity contribution is -0.128. The fourth-order valence-electron chi connectivity index (χ4n) is 2.36. The lowest BCUT2D eigenvalue weighted by Gasteiger charge is -2.19. The summed E-state index contributed by atoms with van der Waals surface area (Å²) in [5, 5.41) is 2.13. The molecular formula is C16H12BrNO2S. The average Bonchev–Trinajstić information content (AvgIpc) is 2.85. The van der Waals surface area contributed by atoms with E-state index in [1.54, 1.807) is 24.3 Å². The molecule has 106 valence electrons. The molecule has 0 radical (unpaired) electrons. The van der Waals surface area contributed by atoms with Crippen molar-refractivity contribution in [3.8, 4) is 0 Å². The smallest absolute Gasteiger partial charge is 0.235 e. The van der Waals surface area contributed by atoms with Gasteiger partial charge in [0.15, 0.2) is 0 Å². The number of nitrogens with two attached hydrogens (primary N) is 1. The van der Waals surface area contributed by atoms with Crippen LogP contribution in [0.1, 0.15) is 12.5 Å². The molecule has 1 amide bonds. The van der Waals surface area contributed by atoms with Crippen LogP contribution in [0.3, 0.4) is 0 Å². The molecule has 2 N–H and O–H groups in total. The molecule has 0 aliphatic heterocycles. The zero-order chi connectivity index (χ0) is 15.2. The number of fused-ring (bicyclic) bond motifs is 3. The molecule has 0 aliphatic rings. The van der Waals surface area contributed by atoms with Gasteiger partial charge in [-0.15, -0.1) is 11.3 Å².